The van der Waals surface area contributed by atoms with Crippen molar-refractivity contribution in [3.63, 3.8) is 0 Å². The standard InChI is InChI=1S/C9H18/c1-4-9-6-5-7(2)8(9)3/h7-9H,4-6H2,1-3H3. The van der Waals surface area contributed by atoms with Gasteiger partial charge in [-0.25, -0.2) is 0 Å². The van der Waals surface area contributed by atoms with Crippen LogP contribution in [-0.2, 0) is 0 Å². The highest BCUT2D eigenvalue weighted by atomic mass is 14.3. The molecule has 3 unspecified atom stereocenters. The molecule has 1 fully saturated rings. The summed E-state index contributed by atoms with van der Waals surface area (Å²) in [5, 5.41) is 0. The van der Waals surface area contributed by atoms with Crippen LogP contribution in [0.2, 0.25) is 0 Å². The lowest BCUT2D eigenvalue weighted by Gasteiger charge is -2.15. The van der Waals surface area contributed by atoms with Crippen LogP contribution in [0, 0.1) is 17.8 Å². The van der Waals surface area contributed by atoms with Crippen molar-refractivity contribution in [2.75, 3.05) is 0 Å². The van der Waals surface area contributed by atoms with E-state index in [1.807, 2.05) is 0 Å². The van der Waals surface area contributed by atoms with Gasteiger partial charge in [-0.15, -0.1) is 0 Å². The second-order valence-electron chi connectivity index (χ2n) is 3.58. The van der Waals surface area contributed by atoms with E-state index in [0.717, 1.165) is 17.8 Å². The summed E-state index contributed by atoms with van der Waals surface area (Å²) in [5.41, 5.74) is 0. The summed E-state index contributed by atoms with van der Waals surface area (Å²) in [6.45, 7) is 7.12. The molecule has 0 aromatic heterocycles. The van der Waals surface area contributed by atoms with Gasteiger partial charge in [0.1, 0.15) is 0 Å². The summed E-state index contributed by atoms with van der Waals surface area (Å²) in [6.07, 6.45) is 4.35. The van der Waals surface area contributed by atoms with E-state index in [9.17, 15) is 0 Å². The Hall–Kier alpha value is 0. The topological polar surface area (TPSA) is 0 Å². The van der Waals surface area contributed by atoms with E-state index in [-0.39, 0.29) is 0 Å². The molecule has 0 spiro atoms. The smallest absolute Gasteiger partial charge is 0.0388 e. The van der Waals surface area contributed by atoms with Gasteiger partial charge in [-0.2, -0.15) is 0 Å². The summed E-state index contributed by atoms with van der Waals surface area (Å²) in [4.78, 5) is 0. The molecule has 0 aromatic carbocycles. The van der Waals surface area contributed by atoms with Gasteiger partial charge in [-0.3, -0.25) is 0 Å². The lowest BCUT2D eigenvalue weighted by molar-refractivity contribution is 0.349. The van der Waals surface area contributed by atoms with E-state index < -0.39 is 0 Å². The highest BCUT2D eigenvalue weighted by Crippen LogP contribution is 2.37. The van der Waals surface area contributed by atoms with Crippen molar-refractivity contribution < 1.29 is 0 Å². The monoisotopic (exact) mass is 126 g/mol. The van der Waals surface area contributed by atoms with Gasteiger partial charge in [0, 0.05) is 0 Å². The van der Waals surface area contributed by atoms with Crippen LogP contribution in [0.3, 0.4) is 0 Å². The first-order chi connectivity index (χ1) is 4.25. The van der Waals surface area contributed by atoms with Crippen LogP contribution >= 0.6 is 0 Å². The lowest BCUT2D eigenvalue weighted by Crippen LogP contribution is -2.07. The van der Waals surface area contributed by atoms with E-state index in [0.29, 0.717) is 0 Å². The van der Waals surface area contributed by atoms with E-state index in [1.54, 1.807) is 0 Å². The minimum atomic E-state index is 0.995. The zero-order valence-electron chi connectivity index (χ0n) is 6.85. The third kappa shape index (κ3) is 1.28. The molecular weight excluding hydrogens is 108 g/mol. The van der Waals surface area contributed by atoms with E-state index in [2.05, 4.69) is 20.8 Å². The molecule has 54 valence electrons. The van der Waals surface area contributed by atoms with Gasteiger partial charge in [0.25, 0.3) is 0 Å². The van der Waals surface area contributed by atoms with E-state index in [1.165, 1.54) is 19.3 Å². The first-order valence-corrected chi connectivity index (χ1v) is 4.25. The molecule has 0 saturated heterocycles. The molecule has 0 nitrogen and oxygen atoms in total. The van der Waals surface area contributed by atoms with Crippen LogP contribution in [-0.4, -0.2) is 0 Å². The molecule has 0 N–H and O–H groups in total. The van der Waals surface area contributed by atoms with E-state index >= 15 is 0 Å². The van der Waals surface area contributed by atoms with Crippen LogP contribution in [0.4, 0.5) is 0 Å². The van der Waals surface area contributed by atoms with Crippen molar-refractivity contribution in [3.8, 4) is 0 Å². The predicted molar refractivity (Wildman–Crippen MR) is 41.3 cm³/mol. The molecule has 1 aliphatic rings. The Kier molecular flexibility index (Phi) is 2.15. The minimum absolute atomic E-state index is 0.995. The van der Waals surface area contributed by atoms with Crippen LogP contribution in [0.15, 0.2) is 0 Å². The van der Waals surface area contributed by atoms with Crippen molar-refractivity contribution in [1.29, 1.82) is 0 Å². The average molecular weight is 126 g/mol. The average Bonchev–Trinajstić information content (AvgIpc) is 2.15. The van der Waals surface area contributed by atoms with Crippen LogP contribution < -0.4 is 0 Å². The van der Waals surface area contributed by atoms with E-state index in [4.69, 9.17) is 0 Å². The fourth-order valence-electron chi connectivity index (χ4n) is 2.04. The maximum Gasteiger partial charge on any atom is -0.0388 e. The van der Waals surface area contributed by atoms with Crippen molar-refractivity contribution in [2.24, 2.45) is 17.8 Å². The van der Waals surface area contributed by atoms with Crippen molar-refractivity contribution >= 4 is 0 Å². The molecule has 0 aromatic rings. The Labute approximate surface area is 58.7 Å². The Balaban J connectivity index is 2.41. The Morgan fingerprint density at radius 2 is 1.89 bits per heavy atom. The fourth-order valence-corrected chi connectivity index (χ4v) is 2.04. The van der Waals surface area contributed by atoms with Gasteiger partial charge in [0.15, 0.2) is 0 Å². The third-order valence-electron chi connectivity index (χ3n) is 3.16. The maximum absolute atomic E-state index is 2.41. The van der Waals surface area contributed by atoms with Gasteiger partial charge in [-0.05, 0) is 24.2 Å². The molecule has 0 aliphatic heterocycles. The first-order valence-electron chi connectivity index (χ1n) is 4.25. The minimum Gasteiger partial charge on any atom is -0.0651 e. The van der Waals surface area contributed by atoms with Crippen molar-refractivity contribution in [3.05, 3.63) is 0 Å². The van der Waals surface area contributed by atoms with Gasteiger partial charge in [0.05, 0.1) is 0 Å². The molecule has 0 heteroatoms. The molecule has 0 bridgehead atoms. The second-order valence-corrected chi connectivity index (χ2v) is 3.58. The zero-order chi connectivity index (χ0) is 6.85. The zero-order valence-corrected chi connectivity index (χ0v) is 6.85. The molecule has 1 aliphatic carbocycles. The highest BCUT2D eigenvalue weighted by Gasteiger charge is 2.27. The summed E-state index contributed by atoms with van der Waals surface area (Å²) in [6, 6.07) is 0. The first kappa shape index (κ1) is 7.11. The highest BCUT2D eigenvalue weighted by molar-refractivity contribution is 4.78. The molecule has 1 saturated carbocycles. The Morgan fingerprint density at radius 1 is 1.22 bits per heavy atom. The van der Waals surface area contributed by atoms with Crippen LogP contribution in [0.1, 0.15) is 40.0 Å². The fraction of sp³-hybridized carbons (Fsp3) is 1.00. The van der Waals surface area contributed by atoms with Gasteiger partial charge < -0.3 is 0 Å². The summed E-state index contributed by atoms with van der Waals surface area (Å²) < 4.78 is 0. The molecular formula is C9H18. The second kappa shape index (κ2) is 2.72. The van der Waals surface area contributed by atoms with Crippen LogP contribution in [0.5, 0.6) is 0 Å². The Morgan fingerprint density at radius 3 is 2.11 bits per heavy atom. The molecule has 0 heterocycles. The summed E-state index contributed by atoms with van der Waals surface area (Å²) >= 11 is 0. The Bertz CT molecular complexity index is 86.0. The molecule has 3 atom stereocenters. The SMILES string of the molecule is CCC1CCC(C)C1C. The van der Waals surface area contributed by atoms with Gasteiger partial charge >= 0.3 is 0 Å². The summed E-state index contributed by atoms with van der Waals surface area (Å²) in [5.74, 6) is 3.03. The molecule has 0 radical (unpaired) electrons. The van der Waals surface area contributed by atoms with Crippen molar-refractivity contribution in [1.82, 2.24) is 0 Å². The third-order valence-corrected chi connectivity index (χ3v) is 3.16. The van der Waals surface area contributed by atoms with Gasteiger partial charge in [-0.1, -0.05) is 33.6 Å². The number of hydrogen-bond donors (Lipinski definition) is 0. The van der Waals surface area contributed by atoms with Crippen LogP contribution in [0.25, 0.3) is 0 Å². The largest absolute Gasteiger partial charge is 0.0651 e. The molecule has 9 heavy (non-hydrogen) atoms. The predicted octanol–water partition coefficient (Wildman–Crippen LogP) is 3.08. The normalized spacial score (nSPS) is 43.7. The quantitative estimate of drug-likeness (QED) is 0.506. The van der Waals surface area contributed by atoms with Crippen molar-refractivity contribution in [2.45, 2.75) is 40.0 Å². The molecule has 0 amide bonds. The lowest BCUT2D eigenvalue weighted by atomic mass is 9.91. The number of hydrogen-bond acceptors (Lipinski definition) is 0. The molecule has 1 rings (SSSR count). The van der Waals surface area contributed by atoms with Gasteiger partial charge in [0.2, 0.25) is 0 Å². The summed E-state index contributed by atoms with van der Waals surface area (Å²) in [7, 11) is 0. The number of rotatable bonds is 1. The maximum atomic E-state index is 2.41.